The summed E-state index contributed by atoms with van der Waals surface area (Å²) in [5.41, 5.74) is 1.08. The van der Waals surface area contributed by atoms with E-state index in [-0.39, 0.29) is 24.8 Å². The number of hydrogen-bond acceptors (Lipinski definition) is 5. The van der Waals surface area contributed by atoms with Gasteiger partial charge in [-0.3, -0.25) is 5.10 Å². The third kappa shape index (κ3) is 2.97. The molecular weight excluding hydrogens is 355 g/mol. The molecule has 0 radical (unpaired) electrons. The molecule has 4 bridgehead atoms. The van der Waals surface area contributed by atoms with Crippen LogP contribution in [0.4, 0.5) is 0 Å². The summed E-state index contributed by atoms with van der Waals surface area (Å²) in [4.78, 5) is 8.21. The molecule has 0 spiro atoms. The standard InChI is InChI=1S/C15H18N4OS.2ClH/c1-9-2-11-8-19(6-9)7-10(1)14(11)20-15-16-5-13(21-15)12-3-17-18-4-12;;/h3-5,9-11,14H,1-2,6-8H2,(H,17,18);2*1H. The molecule has 1 saturated carbocycles. The number of piperidine rings is 3. The largest absolute Gasteiger partial charge is 0.466 e. The minimum Gasteiger partial charge on any atom is -0.466 e. The van der Waals surface area contributed by atoms with Gasteiger partial charge in [0.1, 0.15) is 6.10 Å². The van der Waals surface area contributed by atoms with E-state index >= 15 is 0 Å². The van der Waals surface area contributed by atoms with Crippen molar-refractivity contribution >= 4 is 36.2 Å². The van der Waals surface area contributed by atoms with E-state index in [0.717, 1.165) is 21.6 Å². The Bertz CT molecular complexity index is 620. The van der Waals surface area contributed by atoms with Gasteiger partial charge in [0.25, 0.3) is 5.19 Å². The van der Waals surface area contributed by atoms with Crippen molar-refractivity contribution in [1.82, 2.24) is 20.1 Å². The third-order valence-corrected chi connectivity index (χ3v) is 6.14. The second kappa shape index (κ2) is 6.59. The Morgan fingerprint density at radius 3 is 2.57 bits per heavy atom. The first-order valence-corrected chi connectivity index (χ1v) is 8.51. The van der Waals surface area contributed by atoms with Crippen LogP contribution in [-0.2, 0) is 0 Å². The fourth-order valence-electron chi connectivity index (χ4n) is 4.50. The fraction of sp³-hybridized carbons (Fsp3) is 0.600. The van der Waals surface area contributed by atoms with Crippen LogP contribution < -0.4 is 4.74 Å². The molecule has 2 aromatic heterocycles. The lowest BCUT2D eigenvalue weighted by atomic mass is 9.66. The summed E-state index contributed by atoms with van der Waals surface area (Å²) in [6, 6.07) is 0. The molecule has 3 aliphatic heterocycles. The Labute approximate surface area is 151 Å². The molecule has 2 unspecified atom stereocenters. The zero-order valence-corrected chi connectivity index (χ0v) is 15.0. The summed E-state index contributed by atoms with van der Waals surface area (Å²) in [6.45, 7) is 3.76. The van der Waals surface area contributed by atoms with Crippen LogP contribution in [0.25, 0.3) is 10.4 Å². The van der Waals surface area contributed by atoms with Gasteiger partial charge >= 0.3 is 0 Å². The average Bonchev–Trinajstić information content (AvgIpc) is 3.13. The molecule has 4 fully saturated rings. The Morgan fingerprint density at radius 1 is 1.13 bits per heavy atom. The highest BCUT2D eigenvalue weighted by molar-refractivity contribution is 7.16. The van der Waals surface area contributed by atoms with Crippen molar-refractivity contribution in [2.45, 2.75) is 18.9 Å². The monoisotopic (exact) mass is 374 g/mol. The molecule has 2 aromatic rings. The number of H-pyrrole nitrogens is 1. The van der Waals surface area contributed by atoms with E-state index in [0.29, 0.717) is 17.9 Å². The maximum Gasteiger partial charge on any atom is 0.274 e. The van der Waals surface area contributed by atoms with Crippen LogP contribution in [0.15, 0.2) is 18.6 Å². The second-order valence-electron chi connectivity index (χ2n) is 6.64. The highest BCUT2D eigenvalue weighted by atomic mass is 35.5. The SMILES string of the molecule is Cl.Cl.c1n[nH]cc1-c1cnc(OC2C3CC4CC2CN(C4)C3)s1. The Morgan fingerprint density at radius 2 is 1.91 bits per heavy atom. The van der Waals surface area contributed by atoms with Gasteiger partial charge in [0.2, 0.25) is 0 Å². The van der Waals surface area contributed by atoms with Gasteiger partial charge in [0, 0.05) is 49.4 Å². The molecule has 3 saturated heterocycles. The minimum atomic E-state index is 0. The molecular formula is C15H20Cl2N4OS. The molecule has 4 aliphatic rings. The molecule has 2 atom stereocenters. The Balaban J connectivity index is 0.000000781. The van der Waals surface area contributed by atoms with Crippen LogP contribution in [0, 0.1) is 17.8 Å². The van der Waals surface area contributed by atoms with Crippen LogP contribution in [0.5, 0.6) is 5.19 Å². The molecule has 1 N–H and O–H groups in total. The number of ether oxygens (including phenoxy) is 1. The van der Waals surface area contributed by atoms with Gasteiger partial charge in [-0.25, -0.2) is 4.98 Å². The number of nitrogens with zero attached hydrogens (tertiary/aromatic N) is 3. The number of thiazole rings is 1. The summed E-state index contributed by atoms with van der Waals surface area (Å²) in [7, 11) is 0. The van der Waals surface area contributed by atoms with E-state index in [1.807, 2.05) is 18.6 Å². The number of aromatic nitrogens is 3. The lowest BCUT2D eigenvalue weighted by Gasteiger charge is -2.55. The van der Waals surface area contributed by atoms with Gasteiger partial charge in [-0.15, -0.1) is 24.8 Å². The van der Waals surface area contributed by atoms with Gasteiger partial charge in [-0.1, -0.05) is 11.3 Å². The summed E-state index contributed by atoms with van der Waals surface area (Å²) in [5, 5.41) is 7.65. The number of halogens is 2. The first-order valence-electron chi connectivity index (χ1n) is 7.69. The molecule has 0 aromatic carbocycles. The van der Waals surface area contributed by atoms with Crippen molar-refractivity contribution in [3.05, 3.63) is 18.6 Å². The molecule has 5 heterocycles. The lowest BCUT2D eigenvalue weighted by molar-refractivity contribution is -0.0985. The van der Waals surface area contributed by atoms with Crippen LogP contribution in [-0.4, -0.2) is 45.8 Å². The van der Waals surface area contributed by atoms with E-state index in [1.54, 1.807) is 11.3 Å². The average molecular weight is 375 g/mol. The third-order valence-electron chi connectivity index (χ3n) is 5.21. The van der Waals surface area contributed by atoms with E-state index in [1.165, 1.54) is 32.5 Å². The highest BCUT2D eigenvalue weighted by Crippen LogP contribution is 2.45. The summed E-state index contributed by atoms with van der Waals surface area (Å²) in [5.74, 6) is 2.33. The summed E-state index contributed by atoms with van der Waals surface area (Å²) in [6.07, 6.45) is 8.68. The predicted molar refractivity (Wildman–Crippen MR) is 94.8 cm³/mol. The highest BCUT2D eigenvalue weighted by Gasteiger charge is 2.48. The quantitative estimate of drug-likeness (QED) is 0.896. The van der Waals surface area contributed by atoms with Crippen molar-refractivity contribution in [3.63, 3.8) is 0 Å². The zero-order chi connectivity index (χ0) is 13.8. The first-order chi connectivity index (χ1) is 10.3. The molecule has 1 aliphatic carbocycles. The van der Waals surface area contributed by atoms with Gasteiger partial charge < -0.3 is 9.64 Å². The van der Waals surface area contributed by atoms with Crippen molar-refractivity contribution in [3.8, 4) is 15.6 Å². The number of hydrogen-bond donors (Lipinski definition) is 1. The zero-order valence-electron chi connectivity index (χ0n) is 12.6. The van der Waals surface area contributed by atoms with Crippen LogP contribution >= 0.6 is 36.2 Å². The Hall–Kier alpha value is -0.820. The number of aromatic amines is 1. The normalized spacial score (nSPS) is 33.8. The van der Waals surface area contributed by atoms with E-state index in [4.69, 9.17) is 4.74 Å². The van der Waals surface area contributed by atoms with Gasteiger partial charge in [-0.2, -0.15) is 5.10 Å². The van der Waals surface area contributed by atoms with Crippen molar-refractivity contribution < 1.29 is 4.74 Å². The topological polar surface area (TPSA) is 54.0 Å². The lowest BCUT2D eigenvalue weighted by Crippen LogP contribution is -2.61. The van der Waals surface area contributed by atoms with Crippen LogP contribution in [0.3, 0.4) is 0 Å². The van der Waals surface area contributed by atoms with Crippen molar-refractivity contribution in [2.24, 2.45) is 17.8 Å². The summed E-state index contributed by atoms with van der Waals surface area (Å²) >= 11 is 1.63. The first kappa shape index (κ1) is 17.0. The number of nitrogens with one attached hydrogen (secondary N) is 1. The molecule has 0 amide bonds. The van der Waals surface area contributed by atoms with Crippen LogP contribution in [0.2, 0.25) is 0 Å². The summed E-state index contributed by atoms with van der Waals surface area (Å²) < 4.78 is 6.32. The molecule has 6 rings (SSSR count). The van der Waals surface area contributed by atoms with Gasteiger partial charge in [0.15, 0.2) is 0 Å². The smallest absolute Gasteiger partial charge is 0.274 e. The van der Waals surface area contributed by atoms with Crippen molar-refractivity contribution in [1.29, 1.82) is 0 Å². The van der Waals surface area contributed by atoms with Crippen molar-refractivity contribution in [2.75, 3.05) is 19.6 Å². The van der Waals surface area contributed by atoms with E-state index in [2.05, 4.69) is 20.1 Å². The molecule has 23 heavy (non-hydrogen) atoms. The maximum absolute atomic E-state index is 6.32. The molecule has 126 valence electrons. The molecule has 5 nitrogen and oxygen atoms in total. The molecule has 8 heteroatoms. The van der Waals surface area contributed by atoms with Crippen LogP contribution in [0.1, 0.15) is 12.8 Å². The number of rotatable bonds is 3. The minimum absolute atomic E-state index is 0. The Kier molecular flexibility index (Phi) is 4.88. The maximum atomic E-state index is 6.32. The predicted octanol–water partition coefficient (Wildman–Crippen LogP) is 3.10. The van der Waals surface area contributed by atoms with E-state index < -0.39 is 0 Å². The second-order valence-corrected chi connectivity index (χ2v) is 7.63. The van der Waals surface area contributed by atoms with Gasteiger partial charge in [0.05, 0.1) is 11.1 Å². The van der Waals surface area contributed by atoms with Gasteiger partial charge in [-0.05, 0) is 18.8 Å². The fourth-order valence-corrected chi connectivity index (χ4v) is 5.29. The van der Waals surface area contributed by atoms with E-state index in [9.17, 15) is 0 Å².